The van der Waals surface area contributed by atoms with E-state index in [0.717, 1.165) is 24.2 Å². The molecular formula is C23H32N6O3. The molecule has 32 heavy (non-hydrogen) atoms. The fourth-order valence-electron chi connectivity index (χ4n) is 3.44. The monoisotopic (exact) mass is 440 g/mol. The van der Waals surface area contributed by atoms with Crippen molar-refractivity contribution in [2.75, 3.05) is 58.3 Å². The van der Waals surface area contributed by atoms with Crippen LogP contribution in [0.15, 0.2) is 42.6 Å². The highest BCUT2D eigenvalue weighted by Gasteiger charge is 2.19. The molecule has 1 fully saturated rings. The number of ether oxygens (including phenoxy) is 1. The third kappa shape index (κ3) is 7.01. The molecule has 2 heterocycles. The standard InChI is InChI=1S/C23H32N6O3/c1-28(11-7-20-4-2-3-9-25-20)17-19-6-5-18(22(30)26-10-8-24)16-21(19)27-23(31)29-12-14-32-15-13-29/h2-6,9,16H,7-8,10-15,17,24H2,1H3,(H,26,30)(H,27,31). The van der Waals surface area contributed by atoms with E-state index in [4.69, 9.17) is 10.5 Å². The second kappa shape index (κ2) is 12.1. The van der Waals surface area contributed by atoms with Crippen LogP contribution in [0.5, 0.6) is 0 Å². The number of amides is 3. The van der Waals surface area contributed by atoms with E-state index < -0.39 is 0 Å². The van der Waals surface area contributed by atoms with E-state index in [1.54, 1.807) is 23.2 Å². The Kier molecular flexibility index (Phi) is 8.97. The predicted molar refractivity (Wildman–Crippen MR) is 124 cm³/mol. The Balaban J connectivity index is 1.71. The first-order valence-corrected chi connectivity index (χ1v) is 10.9. The van der Waals surface area contributed by atoms with Gasteiger partial charge in [0.25, 0.3) is 5.91 Å². The minimum atomic E-state index is -0.215. The molecule has 0 radical (unpaired) electrons. The number of nitrogens with one attached hydrogen (secondary N) is 2. The van der Waals surface area contributed by atoms with Crippen LogP contribution in [0.25, 0.3) is 0 Å². The van der Waals surface area contributed by atoms with Gasteiger partial charge in [-0.15, -0.1) is 0 Å². The Bertz CT molecular complexity index is 887. The predicted octanol–water partition coefficient (Wildman–Crippen LogP) is 1.31. The summed E-state index contributed by atoms with van der Waals surface area (Å²) >= 11 is 0. The quantitative estimate of drug-likeness (QED) is 0.542. The van der Waals surface area contributed by atoms with Gasteiger partial charge < -0.3 is 30.9 Å². The minimum Gasteiger partial charge on any atom is -0.378 e. The van der Waals surface area contributed by atoms with Gasteiger partial charge in [0.05, 0.1) is 13.2 Å². The SMILES string of the molecule is CN(CCc1ccccn1)Cc1ccc(C(=O)NCCN)cc1NC(=O)N1CCOCC1. The van der Waals surface area contributed by atoms with E-state index in [0.29, 0.717) is 57.2 Å². The smallest absolute Gasteiger partial charge is 0.322 e. The number of rotatable bonds is 9. The highest BCUT2D eigenvalue weighted by molar-refractivity contribution is 5.97. The van der Waals surface area contributed by atoms with Gasteiger partial charge in [0, 0.05) is 68.8 Å². The lowest BCUT2D eigenvalue weighted by molar-refractivity contribution is 0.0564. The maximum atomic E-state index is 12.8. The Morgan fingerprint density at radius 1 is 1.22 bits per heavy atom. The Hall–Kier alpha value is -3.01. The zero-order valence-corrected chi connectivity index (χ0v) is 18.5. The Morgan fingerprint density at radius 2 is 2.03 bits per heavy atom. The summed E-state index contributed by atoms with van der Waals surface area (Å²) in [6.07, 6.45) is 2.62. The summed E-state index contributed by atoms with van der Waals surface area (Å²) in [5.41, 5.74) is 8.57. The number of nitrogens with zero attached hydrogens (tertiary/aromatic N) is 3. The largest absolute Gasteiger partial charge is 0.378 e. The second-order valence-corrected chi connectivity index (χ2v) is 7.75. The molecule has 9 heteroatoms. The first kappa shape index (κ1) is 23.6. The van der Waals surface area contributed by atoms with Crippen LogP contribution in [0.3, 0.4) is 0 Å². The van der Waals surface area contributed by atoms with Gasteiger partial charge in [-0.3, -0.25) is 9.78 Å². The van der Waals surface area contributed by atoms with Crippen molar-refractivity contribution in [1.29, 1.82) is 0 Å². The highest BCUT2D eigenvalue weighted by atomic mass is 16.5. The lowest BCUT2D eigenvalue weighted by atomic mass is 10.1. The van der Waals surface area contributed by atoms with E-state index in [2.05, 4.69) is 20.5 Å². The molecule has 0 unspecified atom stereocenters. The molecule has 2 aromatic rings. The minimum absolute atomic E-state index is 0.190. The number of hydrogen-bond donors (Lipinski definition) is 3. The summed E-state index contributed by atoms with van der Waals surface area (Å²) < 4.78 is 5.33. The Morgan fingerprint density at radius 3 is 2.75 bits per heavy atom. The molecule has 1 aromatic heterocycles. The van der Waals surface area contributed by atoms with Crippen molar-refractivity contribution in [3.8, 4) is 0 Å². The molecule has 1 aliphatic heterocycles. The molecule has 172 valence electrons. The maximum Gasteiger partial charge on any atom is 0.322 e. The summed E-state index contributed by atoms with van der Waals surface area (Å²) in [6, 6.07) is 11.1. The van der Waals surface area contributed by atoms with E-state index in [1.165, 1.54) is 0 Å². The van der Waals surface area contributed by atoms with Crippen LogP contribution >= 0.6 is 0 Å². The van der Waals surface area contributed by atoms with Crippen molar-refractivity contribution >= 4 is 17.6 Å². The first-order valence-electron chi connectivity index (χ1n) is 10.9. The third-order valence-electron chi connectivity index (χ3n) is 5.26. The van der Waals surface area contributed by atoms with Gasteiger partial charge in [0.2, 0.25) is 0 Å². The summed E-state index contributed by atoms with van der Waals surface area (Å²) in [4.78, 5) is 33.5. The van der Waals surface area contributed by atoms with Gasteiger partial charge in [-0.1, -0.05) is 12.1 Å². The first-order chi connectivity index (χ1) is 15.6. The topological polar surface area (TPSA) is 113 Å². The molecule has 9 nitrogen and oxygen atoms in total. The molecule has 0 spiro atoms. The molecule has 0 bridgehead atoms. The van der Waals surface area contributed by atoms with Crippen molar-refractivity contribution in [3.05, 3.63) is 59.4 Å². The van der Waals surface area contributed by atoms with E-state index >= 15 is 0 Å². The van der Waals surface area contributed by atoms with Crippen molar-refractivity contribution in [2.45, 2.75) is 13.0 Å². The van der Waals surface area contributed by atoms with Crippen molar-refractivity contribution in [3.63, 3.8) is 0 Å². The van der Waals surface area contributed by atoms with Gasteiger partial charge in [-0.05, 0) is 36.9 Å². The third-order valence-corrected chi connectivity index (χ3v) is 5.26. The van der Waals surface area contributed by atoms with Crippen LogP contribution in [0.4, 0.5) is 10.5 Å². The lowest BCUT2D eigenvalue weighted by Gasteiger charge is -2.28. The number of carbonyl (C=O) groups excluding carboxylic acids is 2. The molecular weight excluding hydrogens is 408 g/mol. The number of morpholine rings is 1. The number of urea groups is 1. The summed E-state index contributed by atoms with van der Waals surface area (Å²) in [6.45, 7) is 4.33. The van der Waals surface area contributed by atoms with Crippen LogP contribution in [0.1, 0.15) is 21.6 Å². The molecule has 3 amide bonds. The average molecular weight is 441 g/mol. The van der Waals surface area contributed by atoms with Gasteiger partial charge in [-0.25, -0.2) is 4.79 Å². The molecule has 1 saturated heterocycles. The van der Waals surface area contributed by atoms with Crippen molar-refractivity contribution in [2.24, 2.45) is 5.73 Å². The number of carbonyl (C=O) groups is 2. The average Bonchev–Trinajstić information content (AvgIpc) is 2.83. The zero-order chi connectivity index (χ0) is 22.8. The van der Waals surface area contributed by atoms with E-state index in [-0.39, 0.29) is 11.9 Å². The van der Waals surface area contributed by atoms with Gasteiger partial charge >= 0.3 is 6.03 Å². The number of likely N-dealkylation sites (N-methyl/N-ethyl adjacent to an activating group) is 1. The van der Waals surface area contributed by atoms with Crippen LogP contribution in [-0.4, -0.2) is 79.7 Å². The van der Waals surface area contributed by atoms with Crippen molar-refractivity contribution < 1.29 is 14.3 Å². The van der Waals surface area contributed by atoms with Crippen LogP contribution < -0.4 is 16.4 Å². The molecule has 0 aliphatic carbocycles. The highest BCUT2D eigenvalue weighted by Crippen LogP contribution is 2.21. The zero-order valence-electron chi connectivity index (χ0n) is 18.5. The van der Waals surface area contributed by atoms with Gasteiger partial charge in [0.1, 0.15) is 0 Å². The number of pyridine rings is 1. The number of aromatic nitrogens is 1. The van der Waals surface area contributed by atoms with Crippen molar-refractivity contribution in [1.82, 2.24) is 20.1 Å². The fraction of sp³-hybridized carbons (Fsp3) is 0.435. The lowest BCUT2D eigenvalue weighted by Crippen LogP contribution is -2.43. The summed E-state index contributed by atoms with van der Waals surface area (Å²) in [5.74, 6) is -0.215. The molecule has 0 saturated carbocycles. The maximum absolute atomic E-state index is 12.8. The number of nitrogens with two attached hydrogens (primary N) is 1. The fourth-order valence-corrected chi connectivity index (χ4v) is 3.44. The molecule has 3 rings (SSSR count). The van der Waals surface area contributed by atoms with Crippen LogP contribution in [-0.2, 0) is 17.7 Å². The van der Waals surface area contributed by atoms with Gasteiger partial charge in [-0.2, -0.15) is 0 Å². The second-order valence-electron chi connectivity index (χ2n) is 7.75. The van der Waals surface area contributed by atoms with E-state index in [9.17, 15) is 9.59 Å². The normalized spacial score (nSPS) is 13.8. The van der Waals surface area contributed by atoms with E-state index in [1.807, 2.05) is 31.3 Å². The summed E-state index contributed by atoms with van der Waals surface area (Å²) in [7, 11) is 2.03. The number of hydrogen-bond acceptors (Lipinski definition) is 6. The van der Waals surface area contributed by atoms with Gasteiger partial charge in [0.15, 0.2) is 0 Å². The van der Waals surface area contributed by atoms with Crippen LogP contribution in [0.2, 0.25) is 0 Å². The molecule has 4 N–H and O–H groups in total. The number of benzene rings is 1. The molecule has 1 aliphatic rings. The Labute approximate surface area is 188 Å². The number of anilines is 1. The molecule has 1 aromatic carbocycles. The summed E-state index contributed by atoms with van der Waals surface area (Å²) in [5, 5.41) is 5.77. The molecule has 0 atom stereocenters. The van der Waals surface area contributed by atoms with Crippen LogP contribution in [0, 0.1) is 0 Å².